The number of carbonyl (C=O) groups excluding carboxylic acids is 1. The number of benzene rings is 1. The highest BCUT2D eigenvalue weighted by Crippen LogP contribution is 2.33. The number of pyridine rings is 1. The molecule has 0 unspecified atom stereocenters. The highest BCUT2D eigenvalue weighted by molar-refractivity contribution is 5.99. The number of anilines is 3. The fourth-order valence-electron chi connectivity index (χ4n) is 3.34. The van der Waals surface area contributed by atoms with Crippen molar-refractivity contribution < 1.29 is 14.3 Å². The first kappa shape index (κ1) is 16.8. The number of amides is 2. The lowest BCUT2D eigenvalue weighted by molar-refractivity contribution is -0.169. The molecule has 1 spiro atoms. The summed E-state index contributed by atoms with van der Waals surface area (Å²) in [5.74, 6) is 0.138. The van der Waals surface area contributed by atoms with Crippen LogP contribution < -0.4 is 15.5 Å². The van der Waals surface area contributed by atoms with E-state index in [-0.39, 0.29) is 11.8 Å². The number of hydrogen-bond acceptors (Lipinski definition) is 5. The molecule has 7 nitrogen and oxygen atoms in total. The zero-order valence-electron chi connectivity index (χ0n) is 14.5. The van der Waals surface area contributed by atoms with E-state index in [1.807, 2.05) is 42.5 Å². The first-order valence-corrected chi connectivity index (χ1v) is 8.84. The summed E-state index contributed by atoms with van der Waals surface area (Å²) in [5, 5.41) is 5.51. The smallest absolute Gasteiger partial charge is 0.324 e. The van der Waals surface area contributed by atoms with Gasteiger partial charge in [0, 0.05) is 31.6 Å². The van der Waals surface area contributed by atoms with Gasteiger partial charge in [0.25, 0.3) is 0 Å². The van der Waals surface area contributed by atoms with Gasteiger partial charge >= 0.3 is 6.03 Å². The van der Waals surface area contributed by atoms with E-state index < -0.39 is 0 Å². The van der Waals surface area contributed by atoms with Crippen molar-refractivity contribution in [2.24, 2.45) is 0 Å². The number of aromatic nitrogens is 1. The first-order chi connectivity index (χ1) is 12.7. The van der Waals surface area contributed by atoms with Gasteiger partial charge in [-0.15, -0.1) is 0 Å². The lowest BCUT2D eigenvalue weighted by atomic mass is 10.0. The zero-order chi connectivity index (χ0) is 17.8. The summed E-state index contributed by atoms with van der Waals surface area (Å²) in [7, 11) is 0. The van der Waals surface area contributed by atoms with Crippen LogP contribution in [0.3, 0.4) is 0 Å². The molecule has 0 atom stereocenters. The van der Waals surface area contributed by atoms with Crippen molar-refractivity contribution in [3.63, 3.8) is 0 Å². The van der Waals surface area contributed by atoms with E-state index in [1.165, 1.54) is 0 Å². The molecule has 2 amide bonds. The van der Waals surface area contributed by atoms with Crippen LogP contribution in [0.1, 0.15) is 12.8 Å². The summed E-state index contributed by atoms with van der Waals surface area (Å²) >= 11 is 0. The monoisotopic (exact) mass is 354 g/mol. The van der Waals surface area contributed by atoms with Gasteiger partial charge in [0.15, 0.2) is 5.79 Å². The standard InChI is InChI=1S/C19H22N4O3/c24-18(21-15-4-2-1-3-5-15)22-17-7-6-16(14-20-17)23-10-8-19(9-11-23)25-12-13-26-19/h1-7,14H,8-13H2,(H2,20,21,22,24). The summed E-state index contributed by atoms with van der Waals surface area (Å²) < 4.78 is 11.5. The Balaban J connectivity index is 1.31. The summed E-state index contributed by atoms with van der Waals surface area (Å²) in [6.07, 6.45) is 3.49. The molecule has 2 aliphatic heterocycles. The van der Waals surface area contributed by atoms with Gasteiger partial charge in [-0.2, -0.15) is 0 Å². The Morgan fingerprint density at radius 3 is 2.38 bits per heavy atom. The third-order valence-corrected chi connectivity index (χ3v) is 4.73. The number of rotatable bonds is 3. The molecule has 4 rings (SSSR count). The Morgan fingerprint density at radius 2 is 1.73 bits per heavy atom. The van der Waals surface area contributed by atoms with Crippen LogP contribution in [0.15, 0.2) is 48.7 Å². The Labute approximate surface area is 152 Å². The van der Waals surface area contributed by atoms with E-state index in [4.69, 9.17) is 9.47 Å². The quantitative estimate of drug-likeness (QED) is 0.886. The van der Waals surface area contributed by atoms with Crippen LogP contribution in [0.25, 0.3) is 0 Å². The molecule has 0 saturated carbocycles. The molecule has 2 N–H and O–H groups in total. The van der Waals surface area contributed by atoms with Crippen LogP contribution in [0.4, 0.5) is 22.0 Å². The van der Waals surface area contributed by atoms with Crippen molar-refractivity contribution in [3.8, 4) is 0 Å². The van der Waals surface area contributed by atoms with Gasteiger partial charge in [-0.1, -0.05) is 18.2 Å². The van der Waals surface area contributed by atoms with E-state index in [0.29, 0.717) is 19.0 Å². The topological polar surface area (TPSA) is 75.7 Å². The number of urea groups is 1. The molecular formula is C19H22N4O3. The number of nitrogens with one attached hydrogen (secondary N) is 2. The SMILES string of the molecule is O=C(Nc1ccccc1)Nc1ccc(N2CCC3(CC2)OCCO3)cn1. The van der Waals surface area contributed by atoms with Gasteiger partial charge in [0.05, 0.1) is 25.1 Å². The lowest BCUT2D eigenvalue weighted by Crippen LogP contribution is -2.45. The molecule has 0 radical (unpaired) electrons. The molecule has 3 heterocycles. The van der Waals surface area contributed by atoms with Gasteiger partial charge in [-0.3, -0.25) is 5.32 Å². The lowest BCUT2D eigenvalue weighted by Gasteiger charge is -2.38. The zero-order valence-corrected chi connectivity index (χ0v) is 14.5. The Kier molecular flexibility index (Phi) is 4.73. The third-order valence-electron chi connectivity index (χ3n) is 4.73. The number of piperidine rings is 1. The average Bonchev–Trinajstić information content (AvgIpc) is 3.12. The minimum Gasteiger partial charge on any atom is -0.370 e. The highest BCUT2D eigenvalue weighted by Gasteiger charge is 2.39. The van der Waals surface area contributed by atoms with Gasteiger partial charge in [0.1, 0.15) is 5.82 Å². The molecule has 0 bridgehead atoms. The number of nitrogens with zero attached hydrogens (tertiary/aromatic N) is 2. The van der Waals surface area contributed by atoms with Crippen molar-refractivity contribution >= 4 is 23.2 Å². The fourth-order valence-corrected chi connectivity index (χ4v) is 3.34. The van der Waals surface area contributed by atoms with E-state index >= 15 is 0 Å². The maximum Gasteiger partial charge on any atom is 0.324 e. The van der Waals surface area contributed by atoms with Crippen LogP contribution in [0.2, 0.25) is 0 Å². The van der Waals surface area contributed by atoms with E-state index in [1.54, 1.807) is 6.20 Å². The summed E-state index contributed by atoms with van der Waals surface area (Å²) in [6, 6.07) is 12.8. The molecule has 2 aromatic rings. The normalized spacial score (nSPS) is 18.7. The fraction of sp³-hybridized carbons (Fsp3) is 0.368. The van der Waals surface area contributed by atoms with Gasteiger partial charge in [-0.25, -0.2) is 9.78 Å². The molecule has 26 heavy (non-hydrogen) atoms. The Morgan fingerprint density at radius 1 is 1.00 bits per heavy atom. The van der Waals surface area contributed by atoms with E-state index in [9.17, 15) is 4.79 Å². The Hall–Kier alpha value is -2.64. The molecule has 2 fully saturated rings. The Bertz CT molecular complexity index is 735. The summed E-state index contributed by atoms with van der Waals surface area (Å²) in [4.78, 5) is 18.6. The van der Waals surface area contributed by atoms with Gasteiger partial charge in [-0.05, 0) is 24.3 Å². The second kappa shape index (κ2) is 7.31. The van der Waals surface area contributed by atoms with Crippen LogP contribution in [-0.2, 0) is 9.47 Å². The number of carbonyl (C=O) groups is 1. The summed E-state index contributed by atoms with van der Waals surface area (Å²) in [6.45, 7) is 3.10. The molecule has 2 aliphatic rings. The van der Waals surface area contributed by atoms with Crippen LogP contribution in [0, 0.1) is 0 Å². The van der Waals surface area contributed by atoms with Crippen LogP contribution in [0.5, 0.6) is 0 Å². The summed E-state index contributed by atoms with van der Waals surface area (Å²) in [5.41, 5.74) is 1.77. The molecule has 1 aromatic heterocycles. The van der Waals surface area contributed by atoms with Crippen molar-refractivity contribution in [1.29, 1.82) is 0 Å². The molecule has 0 aliphatic carbocycles. The highest BCUT2D eigenvalue weighted by atomic mass is 16.7. The molecule has 1 aromatic carbocycles. The van der Waals surface area contributed by atoms with Crippen molar-refractivity contribution in [3.05, 3.63) is 48.7 Å². The van der Waals surface area contributed by atoms with Crippen molar-refractivity contribution in [2.45, 2.75) is 18.6 Å². The number of para-hydroxylation sites is 1. The predicted octanol–water partition coefficient (Wildman–Crippen LogP) is 3.07. The van der Waals surface area contributed by atoms with E-state index in [2.05, 4.69) is 20.5 Å². The van der Waals surface area contributed by atoms with Crippen molar-refractivity contribution in [1.82, 2.24) is 4.98 Å². The molecule has 2 saturated heterocycles. The predicted molar refractivity (Wildman–Crippen MR) is 99.4 cm³/mol. The van der Waals surface area contributed by atoms with Gasteiger partial charge < -0.3 is 19.7 Å². The second-order valence-electron chi connectivity index (χ2n) is 6.44. The van der Waals surface area contributed by atoms with Crippen molar-refractivity contribution in [2.75, 3.05) is 41.8 Å². The average molecular weight is 354 g/mol. The first-order valence-electron chi connectivity index (χ1n) is 8.84. The molecule has 136 valence electrons. The van der Waals surface area contributed by atoms with Gasteiger partial charge in [0.2, 0.25) is 0 Å². The number of ether oxygens (including phenoxy) is 2. The minimum absolute atomic E-state index is 0.313. The molecular weight excluding hydrogens is 332 g/mol. The third kappa shape index (κ3) is 3.79. The van der Waals surface area contributed by atoms with Crippen LogP contribution >= 0.6 is 0 Å². The molecule has 7 heteroatoms. The van der Waals surface area contributed by atoms with E-state index in [0.717, 1.165) is 37.3 Å². The number of hydrogen-bond donors (Lipinski definition) is 2. The maximum absolute atomic E-state index is 12.0. The maximum atomic E-state index is 12.0. The van der Waals surface area contributed by atoms with Crippen LogP contribution in [-0.4, -0.2) is 43.1 Å². The second-order valence-corrected chi connectivity index (χ2v) is 6.44. The largest absolute Gasteiger partial charge is 0.370 e. The minimum atomic E-state index is -0.374.